The van der Waals surface area contributed by atoms with Crippen LogP contribution in [0.5, 0.6) is 0 Å². The summed E-state index contributed by atoms with van der Waals surface area (Å²) in [4.78, 5) is 2.40. The maximum atomic E-state index is 5.94. The van der Waals surface area contributed by atoms with Gasteiger partial charge in [0.2, 0.25) is 0 Å². The molecule has 2 aromatic carbocycles. The minimum absolute atomic E-state index is 0.841. The highest BCUT2D eigenvalue weighted by Crippen LogP contribution is 2.34. The van der Waals surface area contributed by atoms with Gasteiger partial charge >= 0.3 is 0 Å². The quantitative estimate of drug-likeness (QED) is 0.787. The van der Waals surface area contributed by atoms with E-state index < -0.39 is 0 Å². The van der Waals surface area contributed by atoms with E-state index in [9.17, 15) is 0 Å². The Morgan fingerprint density at radius 1 is 0.938 bits per heavy atom. The summed E-state index contributed by atoms with van der Waals surface area (Å²) in [6, 6.07) is 14.5. The van der Waals surface area contributed by atoms with Gasteiger partial charge in [-0.05, 0) is 43.2 Å². The van der Waals surface area contributed by atoms with E-state index in [0.29, 0.717) is 0 Å². The Bertz CT molecular complexity index is 506. The third kappa shape index (κ3) is 2.39. The zero-order valence-corrected chi connectivity index (χ0v) is 10.3. The monoisotopic (exact) mass is 229 g/mol. The fraction of sp³-hybridized carbons (Fsp3) is 0.143. The molecule has 2 rings (SSSR count). The molecule has 0 unspecified atom stereocenters. The lowest BCUT2D eigenvalue weighted by atomic mass is 10.2. The molecule has 1 nitrogen and oxygen atoms in total. The van der Waals surface area contributed by atoms with E-state index in [1.54, 1.807) is 11.8 Å². The molecule has 2 aromatic rings. The van der Waals surface area contributed by atoms with E-state index in [4.69, 9.17) is 5.73 Å². The van der Waals surface area contributed by atoms with Crippen LogP contribution in [0.1, 0.15) is 11.1 Å². The molecule has 2 N–H and O–H groups in total. The molecule has 0 aromatic heterocycles. The van der Waals surface area contributed by atoms with Crippen LogP contribution in [0.25, 0.3) is 0 Å². The van der Waals surface area contributed by atoms with Gasteiger partial charge in [0.05, 0.1) is 0 Å². The summed E-state index contributed by atoms with van der Waals surface area (Å²) >= 11 is 1.73. The van der Waals surface area contributed by atoms with Crippen LogP contribution in [-0.2, 0) is 0 Å². The molecule has 0 saturated heterocycles. The zero-order chi connectivity index (χ0) is 11.5. The molecule has 0 aliphatic carbocycles. The molecule has 0 saturated carbocycles. The molecule has 0 spiro atoms. The first kappa shape index (κ1) is 11.1. The molecular formula is C14H15NS. The van der Waals surface area contributed by atoms with E-state index in [1.165, 1.54) is 16.0 Å². The molecule has 0 bridgehead atoms. The molecule has 0 aliphatic rings. The molecule has 16 heavy (non-hydrogen) atoms. The fourth-order valence-electron chi connectivity index (χ4n) is 1.51. The molecule has 0 amide bonds. The molecule has 0 atom stereocenters. The standard InChI is InChI=1S/C14H15NS/c1-10-7-8-11(2)14(9-10)16-13-6-4-3-5-12(13)15/h3-9H,15H2,1-2H3. The average Bonchev–Trinajstić information content (AvgIpc) is 2.27. The van der Waals surface area contributed by atoms with Crippen molar-refractivity contribution in [3.05, 3.63) is 53.6 Å². The van der Waals surface area contributed by atoms with Crippen LogP contribution in [0.15, 0.2) is 52.3 Å². The summed E-state index contributed by atoms with van der Waals surface area (Å²) < 4.78 is 0. The number of hydrogen-bond acceptors (Lipinski definition) is 2. The summed E-state index contributed by atoms with van der Waals surface area (Å²) in [5.41, 5.74) is 9.35. The van der Waals surface area contributed by atoms with Crippen molar-refractivity contribution in [1.29, 1.82) is 0 Å². The third-order valence-electron chi connectivity index (χ3n) is 2.48. The van der Waals surface area contributed by atoms with Crippen molar-refractivity contribution in [2.24, 2.45) is 0 Å². The summed E-state index contributed by atoms with van der Waals surface area (Å²) in [5.74, 6) is 0. The van der Waals surface area contributed by atoms with E-state index in [2.05, 4.69) is 38.1 Å². The number of nitrogens with two attached hydrogens (primary N) is 1. The van der Waals surface area contributed by atoms with Gasteiger partial charge in [-0.3, -0.25) is 0 Å². The van der Waals surface area contributed by atoms with E-state index >= 15 is 0 Å². The molecule has 2 heteroatoms. The highest BCUT2D eigenvalue weighted by Gasteiger charge is 2.03. The molecule has 0 aliphatic heterocycles. The second kappa shape index (κ2) is 4.62. The van der Waals surface area contributed by atoms with E-state index in [0.717, 1.165) is 10.6 Å². The predicted molar refractivity (Wildman–Crippen MR) is 70.9 cm³/mol. The van der Waals surface area contributed by atoms with Gasteiger partial charge in [-0.25, -0.2) is 0 Å². The predicted octanol–water partition coefficient (Wildman–Crippen LogP) is 4.04. The number of anilines is 1. The second-order valence-corrected chi connectivity index (χ2v) is 4.99. The van der Waals surface area contributed by atoms with Gasteiger partial charge in [0.1, 0.15) is 0 Å². The Morgan fingerprint density at radius 3 is 2.44 bits per heavy atom. The van der Waals surface area contributed by atoms with Crippen molar-refractivity contribution in [2.75, 3.05) is 5.73 Å². The van der Waals surface area contributed by atoms with Gasteiger partial charge in [0.15, 0.2) is 0 Å². The Hall–Kier alpha value is -1.41. The summed E-state index contributed by atoms with van der Waals surface area (Å²) in [7, 11) is 0. The number of hydrogen-bond donors (Lipinski definition) is 1. The van der Waals surface area contributed by atoms with Crippen molar-refractivity contribution in [3.63, 3.8) is 0 Å². The number of rotatable bonds is 2. The first-order valence-corrected chi connectivity index (χ1v) is 6.08. The Labute approximate surface area is 101 Å². The SMILES string of the molecule is Cc1ccc(C)c(Sc2ccccc2N)c1. The number of nitrogen functional groups attached to an aromatic ring is 1. The Morgan fingerprint density at radius 2 is 1.69 bits per heavy atom. The van der Waals surface area contributed by atoms with Crippen molar-refractivity contribution >= 4 is 17.4 Å². The van der Waals surface area contributed by atoms with Crippen molar-refractivity contribution in [3.8, 4) is 0 Å². The molecule has 82 valence electrons. The third-order valence-corrected chi connectivity index (χ3v) is 3.73. The first-order chi connectivity index (χ1) is 7.66. The van der Waals surface area contributed by atoms with Crippen LogP contribution < -0.4 is 5.73 Å². The van der Waals surface area contributed by atoms with Crippen molar-refractivity contribution < 1.29 is 0 Å². The zero-order valence-electron chi connectivity index (χ0n) is 9.53. The van der Waals surface area contributed by atoms with Gasteiger partial charge < -0.3 is 5.73 Å². The van der Waals surface area contributed by atoms with Crippen LogP contribution in [0.2, 0.25) is 0 Å². The van der Waals surface area contributed by atoms with Gasteiger partial charge in [-0.15, -0.1) is 0 Å². The summed E-state index contributed by atoms with van der Waals surface area (Å²) in [6.07, 6.45) is 0. The average molecular weight is 229 g/mol. The normalized spacial score (nSPS) is 10.4. The van der Waals surface area contributed by atoms with Crippen molar-refractivity contribution in [2.45, 2.75) is 23.6 Å². The lowest BCUT2D eigenvalue weighted by Crippen LogP contribution is -1.88. The van der Waals surface area contributed by atoms with Gasteiger partial charge in [0.25, 0.3) is 0 Å². The van der Waals surface area contributed by atoms with Gasteiger partial charge in [-0.2, -0.15) is 0 Å². The van der Waals surface area contributed by atoms with Gasteiger partial charge in [0, 0.05) is 15.5 Å². The highest BCUT2D eigenvalue weighted by molar-refractivity contribution is 7.99. The van der Waals surface area contributed by atoms with Crippen LogP contribution in [0, 0.1) is 13.8 Å². The van der Waals surface area contributed by atoms with Crippen molar-refractivity contribution in [1.82, 2.24) is 0 Å². The molecular weight excluding hydrogens is 214 g/mol. The molecule has 0 radical (unpaired) electrons. The Kier molecular flexibility index (Phi) is 3.20. The van der Waals surface area contributed by atoms with Crippen LogP contribution >= 0.6 is 11.8 Å². The topological polar surface area (TPSA) is 26.0 Å². The molecule has 0 fully saturated rings. The number of benzene rings is 2. The Balaban J connectivity index is 2.34. The minimum atomic E-state index is 0.841. The maximum absolute atomic E-state index is 5.94. The van der Waals surface area contributed by atoms with Crippen LogP contribution in [-0.4, -0.2) is 0 Å². The fourth-order valence-corrected chi connectivity index (χ4v) is 2.55. The smallest absolute Gasteiger partial charge is 0.0455 e. The van der Waals surface area contributed by atoms with Crippen LogP contribution in [0.4, 0.5) is 5.69 Å². The maximum Gasteiger partial charge on any atom is 0.0455 e. The van der Waals surface area contributed by atoms with Crippen LogP contribution in [0.3, 0.4) is 0 Å². The summed E-state index contributed by atoms with van der Waals surface area (Å²) in [5, 5.41) is 0. The lowest BCUT2D eigenvalue weighted by Gasteiger charge is -2.08. The second-order valence-electron chi connectivity index (χ2n) is 3.91. The largest absolute Gasteiger partial charge is 0.398 e. The number of para-hydroxylation sites is 1. The van der Waals surface area contributed by atoms with E-state index in [-0.39, 0.29) is 0 Å². The van der Waals surface area contributed by atoms with E-state index in [1.807, 2.05) is 18.2 Å². The lowest BCUT2D eigenvalue weighted by molar-refractivity contribution is 1.25. The summed E-state index contributed by atoms with van der Waals surface area (Å²) in [6.45, 7) is 4.23. The first-order valence-electron chi connectivity index (χ1n) is 5.26. The highest BCUT2D eigenvalue weighted by atomic mass is 32.2. The molecule has 0 heterocycles. The minimum Gasteiger partial charge on any atom is -0.398 e. The van der Waals surface area contributed by atoms with Gasteiger partial charge in [-0.1, -0.05) is 36.0 Å². The number of aryl methyl sites for hydroxylation is 2.